The number of carbonyl (C=O) groups is 1. The lowest BCUT2D eigenvalue weighted by molar-refractivity contribution is -0.130. The van der Waals surface area contributed by atoms with Crippen LogP contribution in [0.15, 0.2) is 76.7 Å². The summed E-state index contributed by atoms with van der Waals surface area (Å²) in [5.74, 6) is 0.103. The summed E-state index contributed by atoms with van der Waals surface area (Å²) >= 11 is 1.38. The fraction of sp³-hybridized carbons (Fsp3) is 0.304. The first kappa shape index (κ1) is 21.8. The molecule has 4 rings (SSSR count). The number of aromatic nitrogens is 1. The number of thioether (sulfide) groups is 1. The topological polar surface area (TPSA) is 70.6 Å². The molecule has 162 valence electrons. The summed E-state index contributed by atoms with van der Waals surface area (Å²) in [6.45, 7) is 4.58. The molecule has 1 saturated heterocycles. The summed E-state index contributed by atoms with van der Waals surface area (Å²) in [5.41, 5.74) is 0.890. The van der Waals surface area contributed by atoms with Crippen molar-refractivity contribution in [2.45, 2.75) is 29.9 Å². The Hall–Kier alpha value is -2.42. The molecule has 0 radical (unpaired) electrons. The number of nitrogens with zero attached hydrogens (tertiary/aromatic N) is 3. The molecule has 1 aliphatic heterocycles. The first-order valence-corrected chi connectivity index (χ1v) is 12.7. The van der Waals surface area contributed by atoms with E-state index in [0.717, 1.165) is 15.9 Å². The van der Waals surface area contributed by atoms with Crippen LogP contribution in [0.2, 0.25) is 0 Å². The highest BCUT2D eigenvalue weighted by atomic mass is 32.2. The molecule has 3 aromatic rings. The van der Waals surface area contributed by atoms with Crippen LogP contribution >= 0.6 is 11.8 Å². The predicted octanol–water partition coefficient (Wildman–Crippen LogP) is 3.84. The van der Waals surface area contributed by atoms with E-state index in [1.165, 1.54) is 16.1 Å². The molecule has 2 heterocycles. The maximum Gasteiger partial charge on any atom is 0.244 e. The zero-order valence-corrected chi connectivity index (χ0v) is 19.1. The number of rotatable bonds is 6. The molecular formula is C23H25N3O3S2. The number of sulfonamides is 1. The number of amides is 1. The molecule has 1 fully saturated rings. The third kappa shape index (κ3) is 4.46. The quantitative estimate of drug-likeness (QED) is 0.528. The van der Waals surface area contributed by atoms with Crippen molar-refractivity contribution in [3.05, 3.63) is 66.7 Å². The van der Waals surface area contributed by atoms with Gasteiger partial charge in [-0.15, -0.1) is 0 Å². The van der Waals surface area contributed by atoms with Crippen LogP contribution in [0.5, 0.6) is 0 Å². The van der Waals surface area contributed by atoms with E-state index in [2.05, 4.69) is 4.98 Å². The minimum absolute atomic E-state index is 0.0336. The molecule has 1 amide bonds. The Morgan fingerprint density at radius 1 is 1.03 bits per heavy atom. The molecule has 0 bridgehead atoms. The summed E-state index contributed by atoms with van der Waals surface area (Å²) in [5, 5.41) is 1.83. The monoisotopic (exact) mass is 455 g/mol. The minimum atomic E-state index is -3.67. The third-order valence-corrected chi connectivity index (χ3v) is 8.16. The van der Waals surface area contributed by atoms with Gasteiger partial charge in [-0.2, -0.15) is 4.31 Å². The fourth-order valence-corrected chi connectivity index (χ4v) is 6.43. The SMILES string of the molecule is CC(C)[C@H]1N(C(=O)CSc2ccc3ccccc3n2)CCN1S(=O)(=O)c1ccccc1. The number of fused-ring (bicyclic) bond motifs is 1. The number of hydrogen-bond acceptors (Lipinski definition) is 5. The Morgan fingerprint density at radius 2 is 1.74 bits per heavy atom. The van der Waals surface area contributed by atoms with Gasteiger partial charge in [0.25, 0.3) is 0 Å². The molecule has 6 nitrogen and oxygen atoms in total. The van der Waals surface area contributed by atoms with Gasteiger partial charge < -0.3 is 4.90 Å². The Morgan fingerprint density at radius 3 is 2.48 bits per heavy atom. The van der Waals surface area contributed by atoms with Gasteiger partial charge in [0.15, 0.2) is 0 Å². The Kier molecular flexibility index (Phi) is 6.31. The second kappa shape index (κ2) is 8.98. The summed E-state index contributed by atoms with van der Waals surface area (Å²) in [7, 11) is -3.67. The number of pyridine rings is 1. The molecule has 0 unspecified atom stereocenters. The summed E-state index contributed by atoms with van der Waals surface area (Å²) < 4.78 is 27.9. The lowest BCUT2D eigenvalue weighted by Gasteiger charge is -2.32. The predicted molar refractivity (Wildman–Crippen MR) is 123 cm³/mol. The van der Waals surface area contributed by atoms with E-state index in [0.29, 0.717) is 13.1 Å². The summed E-state index contributed by atoms with van der Waals surface area (Å²) in [6, 6.07) is 20.2. The van der Waals surface area contributed by atoms with Crippen molar-refractivity contribution in [1.29, 1.82) is 0 Å². The van der Waals surface area contributed by atoms with Crippen molar-refractivity contribution < 1.29 is 13.2 Å². The van der Waals surface area contributed by atoms with Gasteiger partial charge in [-0.3, -0.25) is 4.79 Å². The van der Waals surface area contributed by atoms with E-state index in [-0.39, 0.29) is 22.5 Å². The van der Waals surface area contributed by atoms with Crippen LogP contribution in [0.1, 0.15) is 13.8 Å². The standard InChI is InChI=1S/C23H25N3O3S2/c1-17(2)23-25(14-15-26(23)31(28,29)19-9-4-3-5-10-19)22(27)16-30-21-13-12-18-8-6-7-11-20(18)24-21/h3-13,17,23H,14-16H2,1-2H3/t23-/m0/s1. The highest BCUT2D eigenvalue weighted by Crippen LogP contribution is 2.30. The average molecular weight is 456 g/mol. The van der Waals surface area contributed by atoms with Crippen LogP contribution < -0.4 is 0 Å². The second-order valence-electron chi connectivity index (χ2n) is 7.80. The Labute approximate surface area is 187 Å². The molecule has 2 aromatic carbocycles. The number of hydrogen-bond donors (Lipinski definition) is 0. The lowest BCUT2D eigenvalue weighted by Crippen LogP contribution is -2.48. The third-order valence-electron chi connectivity index (χ3n) is 5.36. The van der Waals surface area contributed by atoms with E-state index >= 15 is 0 Å². The molecule has 1 aromatic heterocycles. The van der Waals surface area contributed by atoms with Crippen LogP contribution in [-0.4, -0.2) is 53.5 Å². The van der Waals surface area contributed by atoms with E-state index in [9.17, 15) is 13.2 Å². The maximum atomic E-state index is 13.2. The van der Waals surface area contributed by atoms with E-state index in [4.69, 9.17) is 0 Å². The van der Waals surface area contributed by atoms with Gasteiger partial charge in [0.05, 0.1) is 21.2 Å². The Balaban J connectivity index is 1.49. The van der Waals surface area contributed by atoms with Crippen LogP contribution in [0.25, 0.3) is 10.9 Å². The first-order valence-electron chi connectivity index (χ1n) is 10.2. The van der Waals surface area contributed by atoms with Crippen molar-refractivity contribution in [1.82, 2.24) is 14.2 Å². The normalized spacial score (nSPS) is 17.5. The van der Waals surface area contributed by atoms with E-state index in [1.807, 2.05) is 50.2 Å². The molecule has 0 spiro atoms. The van der Waals surface area contributed by atoms with Gasteiger partial charge in [-0.25, -0.2) is 13.4 Å². The molecule has 1 atom stereocenters. The minimum Gasteiger partial charge on any atom is -0.324 e. The van der Waals surface area contributed by atoms with E-state index < -0.39 is 16.2 Å². The van der Waals surface area contributed by atoms with Crippen molar-refractivity contribution in [3.63, 3.8) is 0 Å². The van der Waals surface area contributed by atoms with Gasteiger partial charge in [0, 0.05) is 18.5 Å². The Bertz CT molecular complexity index is 1180. The smallest absolute Gasteiger partial charge is 0.244 e. The molecule has 0 aliphatic carbocycles. The van der Waals surface area contributed by atoms with Gasteiger partial charge in [-0.1, -0.05) is 68.1 Å². The van der Waals surface area contributed by atoms with Crippen LogP contribution in [0, 0.1) is 5.92 Å². The van der Waals surface area contributed by atoms with Crippen LogP contribution in [-0.2, 0) is 14.8 Å². The first-order chi connectivity index (χ1) is 14.9. The second-order valence-corrected chi connectivity index (χ2v) is 10.7. The largest absolute Gasteiger partial charge is 0.324 e. The average Bonchev–Trinajstić information content (AvgIpc) is 3.24. The van der Waals surface area contributed by atoms with Gasteiger partial charge in [-0.05, 0) is 30.2 Å². The number of para-hydroxylation sites is 1. The highest BCUT2D eigenvalue weighted by molar-refractivity contribution is 7.99. The molecule has 1 aliphatic rings. The molecule has 0 N–H and O–H groups in total. The lowest BCUT2D eigenvalue weighted by atomic mass is 10.1. The number of carbonyl (C=O) groups excluding carboxylic acids is 1. The summed E-state index contributed by atoms with van der Waals surface area (Å²) in [4.78, 5) is 19.6. The molecule has 31 heavy (non-hydrogen) atoms. The maximum absolute atomic E-state index is 13.2. The zero-order chi connectivity index (χ0) is 22.0. The van der Waals surface area contributed by atoms with Crippen LogP contribution in [0.4, 0.5) is 0 Å². The fourth-order valence-electron chi connectivity index (χ4n) is 3.93. The van der Waals surface area contributed by atoms with Gasteiger partial charge in [0.1, 0.15) is 6.17 Å². The van der Waals surface area contributed by atoms with E-state index in [1.54, 1.807) is 35.2 Å². The van der Waals surface area contributed by atoms with Crippen molar-refractivity contribution in [3.8, 4) is 0 Å². The van der Waals surface area contributed by atoms with Crippen molar-refractivity contribution >= 4 is 38.6 Å². The van der Waals surface area contributed by atoms with Crippen LogP contribution in [0.3, 0.4) is 0 Å². The van der Waals surface area contributed by atoms with Gasteiger partial charge in [0.2, 0.25) is 15.9 Å². The molecular weight excluding hydrogens is 430 g/mol. The zero-order valence-electron chi connectivity index (χ0n) is 17.5. The highest BCUT2D eigenvalue weighted by Gasteiger charge is 2.43. The van der Waals surface area contributed by atoms with Crippen molar-refractivity contribution in [2.24, 2.45) is 5.92 Å². The van der Waals surface area contributed by atoms with Gasteiger partial charge >= 0.3 is 0 Å². The van der Waals surface area contributed by atoms with Crippen molar-refractivity contribution in [2.75, 3.05) is 18.8 Å². The number of benzene rings is 2. The molecule has 8 heteroatoms. The molecule has 0 saturated carbocycles. The summed E-state index contributed by atoms with van der Waals surface area (Å²) in [6.07, 6.45) is -0.497.